The van der Waals surface area contributed by atoms with E-state index in [4.69, 9.17) is 13.9 Å². The molecule has 1 atom stereocenters. The zero-order chi connectivity index (χ0) is 13.8. The number of benzene rings is 1. The number of hydrogen-bond acceptors (Lipinski definition) is 4. The van der Waals surface area contributed by atoms with Gasteiger partial charge in [-0.05, 0) is 29.3 Å². The fourth-order valence-corrected chi connectivity index (χ4v) is 2.45. The average molecular weight is 327 g/mol. The molecule has 0 radical (unpaired) electrons. The molecular formula is C14H15BrO4. The van der Waals surface area contributed by atoms with Gasteiger partial charge in [0.15, 0.2) is 11.5 Å². The first kappa shape index (κ1) is 14.0. The Balaban J connectivity index is 2.28. The Kier molecular flexibility index (Phi) is 4.50. The molecule has 0 amide bonds. The maximum Gasteiger partial charge on any atom is 0.161 e. The molecule has 0 fully saturated rings. The van der Waals surface area contributed by atoms with E-state index < -0.39 is 6.10 Å². The first-order chi connectivity index (χ1) is 9.15. The Bertz CT molecular complexity index is 537. The molecule has 102 valence electrons. The molecule has 2 rings (SSSR count). The highest BCUT2D eigenvalue weighted by Crippen LogP contribution is 2.36. The standard InChI is InChI=1S/C14H15BrO4/c1-17-13-6-10(11(15)7-14(13)18-2)12(16)5-9-3-4-19-8-9/h3-4,6-8,12,16H,5H2,1-2H3. The van der Waals surface area contributed by atoms with Crippen LogP contribution in [0.2, 0.25) is 0 Å². The van der Waals surface area contributed by atoms with Gasteiger partial charge in [0.1, 0.15) is 0 Å². The lowest BCUT2D eigenvalue weighted by molar-refractivity contribution is 0.177. The maximum atomic E-state index is 10.3. The van der Waals surface area contributed by atoms with Gasteiger partial charge in [0.2, 0.25) is 0 Å². The number of ether oxygens (including phenoxy) is 2. The van der Waals surface area contributed by atoms with E-state index >= 15 is 0 Å². The first-order valence-electron chi connectivity index (χ1n) is 5.76. The van der Waals surface area contributed by atoms with Crippen molar-refractivity contribution in [1.82, 2.24) is 0 Å². The molecule has 0 spiro atoms. The van der Waals surface area contributed by atoms with Gasteiger partial charge in [0.25, 0.3) is 0 Å². The highest BCUT2D eigenvalue weighted by Gasteiger charge is 2.17. The first-order valence-corrected chi connectivity index (χ1v) is 6.55. The van der Waals surface area contributed by atoms with Crippen LogP contribution in [-0.2, 0) is 6.42 Å². The van der Waals surface area contributed by atoms with E-state index in [9.17, 15) is 5.11 Å². The Morgan fingerprint density at radius 2 is 1.95 bits per heavy atom. The summed E-state index contributed by atoms with van der Waals surface area (Å²) in [6, 6.07) is 5.39. The fraction of sp³-hybridized carbons (Fsp3) is 0.286. The number of aliphatic hydroxyl groups excluding tert-OH is 1. The van der Waals surface area contributed by atoms with E-state index in [2.05, 4.69) is 15.9 Å². The van der Waals surface area contributed by atoms with Crippen molar-refractivity contribution in [2.75, 3.05) is 14.2 Å². The van der Waals surface area contributed by atoms with Crippen LogP contribution in [0.15, 0.2) is 39.6 Å². The molecule has 1 heterocycles. The van der Waals surface area contributed by atoms with Gasteiger partial charge < -0.3 is 19.0 Å². The van der Waals surface area contributed by atoms with Gasteiger partial charge in [-0.3, -0.25) is 0 Å². The van der Waals surface area contributed by atoms with Gasteiger partial charge >= 0.3 is 0 Å². The third-order valence-electron chi connectivity index (χ3n) is 2.87. The lowest BCUT2D eigenvalue weighted by atomic mass is 10.0. The zero-order valence-electron chi connectivity index (χ0n) is 10.7. The van der Waals surface area contributed by atoms with Crippen molar-refractivity contribution in [3.8, 4) is 11.5 Å². The van der Waals surface area contributed by atoms with E-state index in [0.29, 0.717) is 17.9 Å². The Morgan fingerprint density at radius 1 is 1.26 bits per heavy atom. The molecule has 0 bridgehead atoms. The maximum absolute atomic E-state index is 10.3. The van der Waals surface area contributed by atoms with Crippen LogP contribution >= 0.6 is 15.9 Å². The number of furan rings is 1. The normalized spacial score (nSPS) is 12.2. The van der Waals surface area contributed by atoms with Gasteiger partial charge in [0, 0.05) is 10.9 Å². The van der Waals surface area contributed by atoms with Crippen molar-refractivity contribution in [2.24, 2.45) is 0 Å². The molecule has 0 saturated carbocycles. The van der Waals surface area contributed by atoms with E-state index in [-0.39, 0.29) is 0 Å². The minimum Gasteiger partial charge on any atom is -0.493 e. The van der Waals surface area contributed by atoms with Gasteiger partial charge in [-0.15, -0.1) is 0 Å². The van der Waals surface area contributed by atoms with Crippen LogP contribution in [-0.4, -0.2) is 19.3 Å². The number of hydrogen-bond donors (Lipinski definition) is 1. The quantitative estimate of drug-likeness (QED) is 0.915. The summed E-state index contributed by atoms with van der Waals surface area (Å²) in [7, 11) is 3.14. The lowest BCUT2D eigenvalue weighted by Gasteiger charge is -2.15. The number of aliphatic hydroxyl groups is 1. The van der Waals surface area contributed by atoms with Crippen LogP contribution in [0.5, 0.6) is 11.5 Å². The predicted molar refractivity (Wildman–Crippen MR) is 74.6 cm³/mol. The summed E-state index contributed by atoms with van der Waals surface area (Å²) in [5.41, 5.74) is 1.69. The third-order valence-corrected chi connectivity index (χ3v) is 3.56. The molecule has 4 nitrogen and oxygen atoms in total. The van der Waals surface area contributed by atoms with Crippen LogP contribution in [0.3, 0.4) is 0 Å². The minimum absolute atomic E-state index is 0.477. The minimum atomic E-state index is -0.646. The summed E-state index contributed by atoms with van der Waals surface area (Å²) in [6.45, 7) is 0. The SMILES string of the molecule is COc1cc(Br)c(C(O)Cc2ccoc2)cc1OC. The Hall–Kier alpha value is -1.46. The Labute approximate surface area is 120 Å². The van der Waals surface area contributed by atoms with E-state index in [0.717, 1.165) is 15.6 Å². The molecule has 19 heavy (non-hydrogen) atoms. The number of rotatable bonds is 5. The molecule has 1 aromatic carbocycles. The van der Waals surface area contributed by atoms with E-state index in [1.54, 1.807) is 38.9 Å². The summed E-state index contributed by atoms with van der Waals surface area (Å²) in [5, 5.41) is 10.3. The van der Waals surface area contributed by atoms with Crippen molar-refractivity contribution in [3.05, 3.63) is 46.3 Å². The van der Waals surface area contributed by atoms with Crippen molar-refractivity contribution >= 4 is 15.9 Å². The predicted octanol–water partition coefficient (Wildman–Crippen LogP) is 3.34. The second kappa shape index (κ2) is 6.12. The van der Waals surface area contributed by atoms with Gasteiger partial charge in [0.05, 0.1) is 32.8 Å². The summed E-state index contributed by atoms with van der Waals surface area (Å²) in [4.78, 5) is 0. The van der Waals surface area contributed by atoms with Crippen LogP contribution in [0.1, 0.15) is 17.2 Å². The van der Waals surface area contributed by atoms with Crippen molar-refractivity contribution in [3.63, 3.8) is 0 Å². The molecule has 5 heteroatoms. The zero-order valence-corrected chi connectivity index (χ0v) is 12.3. The fourth-order valence-electron chi connectivity index (χ4n) is 1.87. The van der Waals surface area contributed by atoms with Crippen LogP contribution in [0, 0.1) is 0 Å². The molecule has 1 N–H and O–H groups in total. The highest BCUT2D eigenvalue weighted by atomic mass is 79.9. The van der Waals surface area contributed by atoms with Crippen LogP contribution in [0.4, 0.5) is 0 Å². The summed E-state index contributed by atoms with van der Waals surface area (Å²) in [5.74, 6) is 1.21. The number of methoxy groups -OCH3 is 2. The average Bonchev–Trinajstić information content (AvgIpc) is 2.90. The van der Waals surface area contributed by atoms with Crippen LogP contribution in [0.25, 0.3) is 0 Å². The van der Waals surface area contributed by atoms with E-state index in [1.165, 1.54) is 0 Å². The van der Waals surface area contributed by atoms with Crippen molar-refractivity contribution < 1.29 is 19.0 Å². The highest BCUT2D eigenvalue weighted by molar-refractivity contribution is 9.10. The van der Waals surface area contributed by atoms with Gasteiger partial charge in [-0.25, -0.2) is 0 Å². The van der Waals surface area contributed by atoms with E-state index in [1.807, 2.05) is 6.07 Å². The molecule has 2 aromatic rings. The van der Waals surface area contributed by atoms with Crippen LogP contribution < -0.4 is 9.47 Å². The van der Waals surface area contributed by atoms with Gasteiger partial charge in [-0.1, -0.05) is 15.9 Å². The largest absolute Gasteiger partial charge is 0.493 e. The second-order valence-electron chi connectivity index (χ2n) is 4.08. The lowest BCUT2D eigenvalue weighted by Crippen LogP contribution is -2.03. The number of halogens is 1. The third kappa shape index (κ3) is 3.11. The summed E-state index contributed by atoms with van der Waals surface area (Å²) >= 11 is 3.44. The smallest absolute Gasteiger partial charge is 0.161 e. The second-order valence-corrected chi connectivity index (χ2v) is 4.93. The van der Waals surface area contributed by atoms with Crippen molar-refractivity contribution in [2.45, 2.75) is 12.5 Å². The summed E-state index contributed by atoms with van der Waals surface area (Å²) in [6.07, 6.45) is 3.04. The summed E-state index contributed by atoms with van der Waals surface area (Å²) < 4.78 is 16.2. The molecule has 0 aliphatic heterocycles. The monoisotopic (exact) mass is 326 g/mol. The molecule has 0 aliphatic carbocycles. The molecule has 0 saturated heterocycles. The van der Waals surface area contributed by atoms with Crippen molar-refractivity contribution in [1.29, 1.82) is 0 Å². The molecule has 1 aromatic heterocycles. The molecule has 0 aliphatic rings. The topological polar surface area (TPSA) is 51.8 Å². The Morgan fingerprint density at radius 3 is 2.53 bits per heavy atom. The van der Waals surface area contributed by atoms with Gasteiger partial charge in [-0.2, -0.15) is 0 Å². The molecule has 1 unspecified atom stereocenters. The molecular weight excluding hydrogens is 312 g/mol.